The maximum atomic E-state index is 12.2. The Hall–Kier alpha value is -3.79. The molecule has 5 rings (SSSR count). The van der Waals surface area contributed by atoms with E-state index in [0.29, 0.717) is 13.2 Å². The monoisotopic (exact) mass is 395 g/mol. The molecule has 0 unspecified atom stereocenters. The average Bonchev–Trinajstić information content (AvgIpc) is 3.34. The second kappa shape index (κ2) is 7.91. The van der Waals surface area contributed by atoms with E-state index in [1.54, 1.807) is 6.26 Å². The van der Waals surface area contributed by atoms with E-state index in [1.807, 2.05) is 60.7 Å². The van der Waals surface area contributed by atoms with E-state index in [4.69, 9.17) is 9.15 Å². The van der Waals surface area contributed by atoms with Gasteiger partial charge in [-0.15, -0.1) is 0 Å². The molecule has 0 aliphatic heterocycles. The molecule has 4 nitrogen and oxygen atoms in total. The minimum absolute atomic E-state index is 0.0657. The molecule has 1 aliphatic rings. The molecule has 0 saturated heterocycles. The van der Waals surface area contributed by atoms with Gasteiger partial charge in [-0.05, 0) is 28.3 Å². The predicted molar refractivity (Wildman–Crippen MR) is 118 cm³/mol. The third kappa shape index (κ3) is 3.37. The molecule has 148 valence electrons. The Morgan fingerprint density at radius 2 is 1.60 bits per heavy atom. The number of amides is 1. The quantitative estimate of drug-likeness (QED) is 0.452. The first-order chi connectivity index (χ1) is 14.8. The Kier molecular flexibility index (Phi) is 4.81. The van der Waals surface area contributed by atoms with Crippen LogP contribution in [0.4, 0.5) is 4.79 Å². The lowest BCUT2D eigenvalue weighted by Crippen LogP contribution is -2.26. The average molecular weight is 395 g/mol. The smallest absolute Gasteiger partial charge is 0.407 e. The van der Waals surface area contributed by atoms with E-state index >= 15 is 0 Å². The summed E-state index contributed by atoms with van der Waals surface area (Å²) in [5.74, 6) is 0.0657. The second-order valence-electron chi connectivity index (χ2n) is 7.30. The van der Waals surface area contributed by atoms with Gasteiger partial charge in [-0.1, -0.05) is 78.9 Å². The Balaban J connectivity index is 1.19. The predicted octanol–water partition coefficient (Wildman–Crippen LogP) is 5.98. The summed E-state index contributed by atoms with van der Waals surface area (Å²) in [6, 6.07) is 24.5. The van der Waals surface area contributed by atoms with E-state index in [0.717, 1.165) is 16.5 Å². The summed E-state index contributed by atoms with van der Waals surface area (Å²) in [5.41, 5.74) is 6.69. The number of furan rings is 1. The Labute approximate surface area is 174 Å². The molecule has 30 heavy (non-hydrogen) atoms. The molecule has 1 amide bonds. The molecule has 1 aliphatic carbocycles. The highest BCUT2D eigenvalue weighted by Crippen LogP contribution is 2.44. The zero-order chi connectivity index (χ0) is 20.3. The highest BCUT2D eigenvalue weighted by Gasteiger charge is 2.28. The van der Waals surface area contributed by atoms with Crippen molar-refractivity contribution in [2.24, 2.45) is 0 Å². The minimum atomic E-state index is -0.418. The van der Waals surface area contributed by atoms with Gasteiger partial charge in [0.15, 0.2) is 0 Å². The van der Waals surface area contributed by atoms with Crippen molar-refractivity contribution in [2.45, 2.75) is 5.92 Å². The lowest BCUT2D eigenvalue weighted by Gasteiger charge is -2.14. The summed E-state index contributed by atoms with van der Waals surface area (Å²) in [7, 11) is 0. The molecule has 0 fully saturated rings. The van der Waals surface area contributed by atoms with Crippen LogP contribution in [0.3, 0.4) is 0 Å². The van der Waals surface area contributed by atoms with Gasteiger partial charge in [-0.25, -0.2) is 4.79 Å². The first kappa shape index (κ1) is 18.3. The van der Waals surface area contributed by atoms with Crippen LogP contribution in [0.2, 0.25) is 0 Å². The Morgan fingerprint density at radius 1 is 0.933 bits per heavy atom. The van der Waals surface area contributed by atoms with Crippen molar-refractivity contribution in [1.82, 2.24) is 5.32 Å². The van der Waals surface area contributed by atoms with Crippen molar-refractivity contribution < 1.29 is 13.9 Å². The van der Waals surface area contributed by atoms with Gasteiger partial charge in [0.05, 0.1) is 6.26 Å². The number of rotatable bonds is 5. The molecule has 0 spiro atoms. The minimum Gasteiger partial charge on any atom is -0.464 e. The van der Waals surface area contributed by atoms with Crippen LogP contribution in [-0.2, 0) is 4.74 Å². The number of carbonyl (C=O) groups is 1. The fourth-order valence-electron chi connectivity index (χ4n) is 4.11. The van der Waals surface area contributed by atoms with Crippen LogP contribution >= 0.6 is 0 Å². The number of hydrogen-bond donors (Lipinski definition) is 1. The van der Waals surface area contributed by atoms with Crippen LogP contribution in [0.15, 0.2) is 89.6 Å². The fourth-order valence-corrected chi connectivity index (χ4v) is 4.11. The number of alkyl carbamates (subject to hydrolysis) is 1. The molecule has 0 saturated carbocycles. The molecule has 0 radical (unpaired) electrons. The summed E-state index contributed by atoms with van der Waals surface area (Å²) in [5, 5.41) is 3.84. The number of ether oxygens (including phenoxy) is 1. The topological polar surface area (TPSA) is 51.5 Å². The molecular formula is C26H21NO3. The summed E-state index contributed by atoms with van der Waals surface area (Å²) < 4.78 is 11.1. The van der Waals surface area contributed by atoms with Crippen molar-refractivity contribution in [3.8, 4) is 11.1 Å². The number of hydrogen-bond acceptors (Lipinski definition) is 3. The van der Waals surface area contributed by atoms with Gasteiger partial charge in [0.25, 0.3) is 0 Å². The zero-order valence-electron chi connectivity index (χ0n) is 16.4. The number of para-hydroxylation sites is 1. The van der Waals surface area contributed by atoms with Crippen LogP contribution in [0, 0.1) is 0 Å². The molecule has 1 aromatic heterocycles. The molecular weight excluding hydrogens is 374 g/mol. The van der Waals surface area contributed by atoms with Crippen LogP contribution in [0.5, 0.6) is 0 Å². The SMILES string of the molecule is O=C(NCC=Cc1coc2ccccc12)OCC1c2ccccc2-c2ccccc21. The maximum Gasteiger partial charge on any atom is 0.407 e. The van der Waals surface area contributed by atoms with Crippen molar-refractivity contribution in [3.63, 3.8) is 0 Å². The summed E-state index contributed by atoms with van der Waals surface area (Å²) in [4.78, 5) is 12.2. The molecule has 4 heteroatoms. The number of nitrogens with one attached hydrogen (secondary N) is 1. The largest absolute Gasteiger partial charge is 0.464 e. The second-order valence-corrected chi connectivity index (χ2v) is 7.30. The van der Waals surface area contributed by atoms with Crippen LogP contribution in [0.1, 0.15) is 22.6 Å². The first-order valence-corrected chi connectivity index (χ1v) is 10.0. The van der Waals surface area contributed by atoms with Crippen LogP contribution < -0.4 is 5.32 Å². The molecule has 0 atom stereocenters. The Morgan fingerprint density at radius 3 is 2.37 bits per heavy atom. The van der Waals surface area contributed by atoms with E-state index in [9.17, 15) is 4.79 Å². The van der Waals surface area contributed by atoms with Gasteiger partial charge in [0.2, 0.25) is 0 Å². The van der Waals surface area contributed by atoms with E-state index < -0.39 is 6.09 Å². The van der Waals surface area contributed by atoms with Crippen LogP contribution in [-0.4, -0.2) is 19.2 Å². The summed E-state index contributed by atoms with van der Waals surface area (Å²) in [6.07, 6.45) is 5.13. The summed E-state index contributed by atoms with van der Waals surface area (Å²) in [6.45, 7) is 0.701. The van der Waals surface area contributed by atoms with Crippen molar-refractivity contribution >= 4 is 23.1 Å². The normalized spacial score (nSPS) is 12.8. The molecule has 0 bridgehead atoms. The van der Waals surface area contributed by atoms with Gasteiger partial charge < -0.3 is 14.5 Å². The highest BCUT2D eigenvalue weighted by atomic mass is 16.5. The third-order valence-corrected chi connectivity index (χ3v) is 5.52. The van der Waals surface area contributed by atoms with Crippen molar-refractivity contribution in [1.29, 1.82) is 0 Å². The molecule has 3 aromatic carbocycles. The fraction of sp³-hybridized carbons (Fsp3) is 0.115. The maximum absolute atomic E-state index is 12.2. The van der Waals surface area contributed by atoms with Gasteiger partial charge in [-0.3, -0.25) is 0 Å². The van der Waals surface area contributed by atoms with E-state index in [-0.39, 0.29) is 5.92 Å². The van der Waals surface area contributed by atoms with Crippen molar-refractivity contribution in [3.05, 3.63) is 102 Å². The zero-order valence-corrected chi connectivity index (χ0v) is 16.4. The van der Waals surface area contributed by atoms with Crippen LogP contribution in [0.25, 0.3) is 28.2 Å². The van der Waals surface area contributed by atoms with E-state index in [2.05, 4.69) is 29.6 Å². The number of carbonyl (C=O) groups excluding carboxylic acids is 1. The lowest BCUT2D eigenvalue weighted by atomic mass is 9.98. The van der Waals surface area contributed by atoms with E-state index in [1.165, 1.54) is 22.3 Å². The summed E-state index contributed by atoms with van der Waals surface area (Å²) >= 11 is 0. The van der Waals surface area contributed by atoms with Gasteiger partial charge in [-0.2, -0.15) is 0 Å². The standard InChI is InChI=1S/C26H21NO3/c28-26(27-15-7-8-18-16-29-25-14-6-5-9-19(18)25)30-17-24-22-12-3-1-10-20(22)21-11-2-4-13-23(21)24/h1-14,16,24H,15,17H2,(H,27,28). The third-order valence-electron chi connectivity index (χ3n) is 5.52. The van der Waals surface area contributed by atoms with Gasteiger partial charge >= 0.3 is 6.09 Å². The molecule has 1 heterocycles. The number of fused-ring (bicyclic) bond motifs is 4. The first-order valence-electron chi connectivity index (χ1n) is 10.0. The van der Waals surface area contributed by atoms with Gasteiger partial charge in [0, 0.05) is 23.4 Å². The highest BCUT2D eigenvalue weighted by molar-refractivity contribution is 5.87. The number of benzene rings is 3. The van der Waals surface area contributed by atoms with Gasteiger partial charge in [0.1, 0.15) is 12.2 Å². The molecule has 4 aromatic rings. The van der Waals surface area contributed by atoms with Crippen molar-refractivity contribution in [2.75, 3.05) is 13.2 Å². The Bertz CT molecular complexity index is 1190. The lowest BCUT2D eigenvalue weighted by molar-refractivity contribution is 0.144. The molecule has 1 N–H and O–H groups in total.